The van der Waals surface area contributed by atoms with E-state index in [1.807, 2.05) is 35.2 Å². The van der Waals surface area contributed by atoms with Gasteiger partial charge in [-0.25, -0.2) is 9.37 Å². The molecule has 7 nitrogen and oxygen atoms in total. The minimum Gasteiger partial charge on any atom is -0.501 e. The van der Waals surface area contributed by atoms with E-state index in [-0.39, 0.29) is 18.1 Å². The van der Waals surface area contributed by atoms with Crippen molar-refractivity contribution in [3.8, 4) is 5.75 Å². The zero-order valence-electron chi connectivity index (χ0n) is 15.7. The normalized spacial score (nSPS) is 12.7. The van der Waals surface area contributed by atoms with E-state index in [0.717, 1.165) is 5.69 Å². The fourth-order valence-corrected chi connectivity index (χ4v) is 3.33. The third kappa shape index (κ3) is 3.44. The van der Waals surface area contributed by atoms with Crippen LogP contribution in [-0.4, -0.2) is 27.1 Å². The van der Waals surface area contributed by atoms with Gasteiger partial charge in [0.05, 0.1) is 0 Å². The average molecular weight is 394 g/mol. The number of aromatic hydroxyl groups is 1. The van der Waals surface area contributed by atoms with Crippen molar-refractivity contribution in [2.24, 2.45) is 0 Å². The molecule has 0 fully saturated rings. The van der Waals surface area contributed by atoms with E-state index in [1.165, 1.54) is 10.6 Å². The van der Waals surface area contributed by atoms with Gasteiger partial charge in [-0.3, -0.25) is 14.2 Å². The molecule has 0 atom stereocenters. The molecule has 2 N–H and O–H groups in total. The molecular weight excluding hydrogens is 375 g/mol. The van der Waals surface area contributed by atoms with Crippen LogP contribution in [0, 0.1) is 12.7 Å². The molecule has 0 saturated heterocycles. The SMILES string of the molecule is Cc1cc(CNC(=O)c2nc3n(c(=O)c2O)CCN3c2ccccc2)ccc1F. The standard InChI is InChI=1S/C21H19FN4O3/c1-13-11-14(7-8-16(13)22)12-23-19(28)17-18(27)20(29)26-10-9-25(21(26)24-17)15-5-3-2-4-6-15/h2-8,11,27H,9-10,12H2,1H3,(H,23,28). The summed E-state index contributed by atoms with van der Waals surface area (Å²) in [5, 5.41) is 12.9. The molecule has 3 aromatic rings. The highest BCUT2D eigenvalue weighted by Gasteiger charge is 2.28. The minimum atomic E-state index is -0.684. The number of aryl methyl sites for hydroxylation is 1. The number of amides is 1. The number of aromatic nitrogens is 2. The molecule has 0 bridgehead atoms. The first-order valence-corrected chi connectivity index (χ1v) is 9.15. The second kappa shape index (κ2) is 7.38. The van der Waals surface area contributed by atoms with Crippen LogP contribution in [-0.2, 0) is 13.1 Å². The summed E-state index contributed by atoms with van der Waals surface area (Å²) >= 11 is 0. The topological polar surface area (TPSA) is 87.5 Å². The highest BCUT2D eigenvalue weighted by atomic mass is 19.1. The number of anilines is 2. The van der Waals surface area contributed by atoms with Crippen LogP contribution in [0.25, 0.3) is 0 Å². The van der Waals surface area contributed by atoms with Gasteiger partial charge in [0.25, 0.3) is 11.5 Å². The molecule has 1 aliphatic rings. The summed E-state index contributed by atoms with van der Waals surface area (Å²) in [6.07, 6.45) is 0. The Morgan fingerprint density at radius 3 is 2.69 bits per heavy atom. The second-order valence-corrected chi connectivity index (χ2v) is 6.82. The molecule has 0 unspecified atom stereocenters. The zero-order chi connectivity index (χ0) is 20.5. The lowest BCUT2D eigenvalue weighted by molar-refractivity contribution is 0.0942. The van der Waals surface area contributed by atoms with Gasteiger partial charge < -0.3 is 15.3 Å². The van der Waals surface area contributed by atoms with Crippen molar-refractivity contribution in [3.63, 3.8) is 0 Å². The number of hydrogen-bond donors (Lipinski definition) is 2. The van der Waals surface area contributed by atoms with Gasteiger partial charge in [0, 0.05) is 25.3 Å². The van der Waals surface area contributed by atoms with Crippen molar-refractivity contribution in [1.82, 2.24) is 14.9 Å². The largest absolute Gasteiger partial charge is 0.501 e. The average Bonchev–Trinajstić information content (AvgIpc) is 3.16. The van der Waals surface area contributed by atoms with Crippen LogP contribution in [0.3, 0.4) is 0 Å². The van der Waals surface area contributed by atoms with Gasteiger partial charge in [0.2, 0.25) is 11.7 Å². The Morgan fingerprint density at radius 1 is 1.21 bits per heavy atom. The van der Waals surface area contributed by atoms with Crippen LogP contribution >= 0.6 is 0 Å². The molecule has 0 saturated carbocycles. The van der Waals surface area contributed by atoms with Gasteiger partial charge in [-0.2, -0.15) is 0 Å². The van der Waals surface area contributed by atoms with Gasteiger partial charge >= 0.3 is 0 Å². The molecule has 148 valence electrons. The molecule has 1 aromatic heterocycles. The maximum absolute atomic E-state index is 13.4. The van der Waals surface area contributed by atoms with Crippen LogP contribution in [0.15, 0.2) is 53.3 Å². The first-order valence-electron chi connectivity index (χ1n) is 9.15. The lowest BCUT2D eigenvalue weighted by atomic mass is 10.1. The number of para-hydroxylation sites is 1. The molecule has 8 heteroatoms. The van der Waals surface area contributed by atoms with Crippen LogP contribution in [0.2, 0.25) is 0 Å². The van der Waals surface area contributed by atoms with E-state index < -0.39 is 17.2 Å². The minimum absolute atomic E-state index is 0.113. The van der Waals surface area contributed by atoms with Crippen molar-refractivity contribution in [2.45, 2.75) is 20.0 Å². The number of hydrogen-bond acceptors (Lipinski definition) is 5. The predicted octanol–water partition coefficient (Wildman–Crippen LogP) is 2.48. The lowest BCUT2D eigenvalue weighted by Crippen LogP contribution is -2.29. The number of carbonyl (C=O) groups is 1. The third-order valence-electron chi connectivity index (χ3n) is 4.87. The Bertz CT molecular complexity index is 1140. The van der Waals surface area contributed by atoms with Crippen molar-refractivity contribution in [1.29, 1.82) is 0 Å². The molecule has 0 aliphatic carbocycles. The highest BCUT2D eigenvalue weighted by molar-refractivity contribution is 5.95. The monoisotopic (exact) mass is 394 g/mol. The van der Waals surface area contributed by atoms with Crippen LogP contribution < -0.4 is 15.8 Å². The second-order valence-electron chi connectivity index (χ2n) is 6.82. The fraction of sp³-hybridized carbons (Fsp3) is 0.190. The Kier molecular flexibility index (Phi) is 4.75. The maximum atomic E-state index is 13.4. The summed E-state index contributed by atoms with van der Waals surface area (Å²) < 4.78 is 14.7. The predicted molar refractivity (Wildman–Crippen MR) is 106 cm³/mol. The molecule has 2 heterocycles. The zero-order valence-corrected chi connectivity index (χ0v) is 15.7. The lowest BCUT2D eigenvalue weighted by Gasteiger charge is -2.18. The van der Waals surface area contributed by atoms with Gasteiger partial charge in [-0.1, -0.05) is 30.3 Å². The third-order valence-corrected chi connectivity index (χ3v) is 4.87. The van der Waals surface area contributed by atoms with E-state index >= 15 is 0 Å². The smallest absolute Gasteiger partial charge is 0.298 e. The Labute approximate surface area is 166 Å². The molecule has 29 heavy (non-hydrogen) atoms. The van der Waals surface area contributed by atoms with Crippen molar-refractivity contribution >= 4 is 17.5 Å². The molecule has 1 amide bonds. The van der Waals surface area contributed by atoms with Gasteiger partial charge in [-0.15, -0.1) is 0 Å². The molecule has 0 radical (unpaired) electrons. The Morgan fingerprint density at radius 2 is 1.97 bits per heavy atom. The van der Waals surface area contributed by atoms with E-state index in [2.05, 4.69) is 10.3 Å². The molecule has 0 spiro atoms. The van der Waals surface area contributed by atoms with E-state index in [0.29, 0.717) is 30.2 Å². The number of rotatable bonds is 4. The van der Waals surface area contributed by atoms with Crippen LogP contribution in [0.1, 0.15) is 21.6 Å². The number of benzene rings is 2. The summed E-state index contributed by atoms with van der Waals surface area (Å²) in [7, 11) is 0. The van der Waals surface area contributed by atoms with Crippen molar-refractivity contribution < 1.29 is 14.3 Å². The number of fused-ring (bicyclic) bond motifs is 1. The van der Waals surface area contributed by atoms with Gasteiger partial charge in [-0.05, 0) is 36.2 Å². The summed E-state index contributed by atoms with van der Waals surface area (Å²) in [4.78, 5) is 31.3. The van der Waals surface area contributed by atoms with E-state index in [9.17, 15) is 19.1 Å². The first-order chi connectivity index (χ1) is 14.0. The highest BCUT2D eigenvalue weighted by Crippen LogP contribution is 2.28. The molecule has 4 rings (SSSR count). The number of nitrogens with zero attached hydrogens (tertiary/aromatic N) is 3. The van der Waals surface area contributed by atoms with Gasteiger partial charge in [0.1, 0.15) is 5.82 Å². The maximum Gasteiger partial charge on any atom is 0.298 e. The van der Waals surface area contributed by atoms with Gasteiger partial charge in [0.15, 0.2) is 5.69 Å². The summed E-state index contributed by atoms with van der Waals surface area (Å²) in [5.74, 6) is -1.38. The van der Waals surface area contributed by atoms with Crippen molar-refractivity contribution in [3.05, 3.63) is 81.5 Å². The summed E-state index contributed by atoms with van der Waals surface area (Å²) in [6, 6.07) is 13.9. The van der Waals surface area contributed by atoms with Crippen LogP contribution in [0.5, 0.6) is 5.75 Å². The first kappa shape index (κ1) is 18.7. The number of halogens is 1. The van der Waals surface area contributed by atoms with Crippen LogP contribution in [0.4, 0.5) is 16.0 Å². The van der Waals surface area contributed by atoms with Crippen molar-refractivity contribution in [2.75, 3.05) is 11.4 Å². The number of carbonyl (C=O) groups excluding carboxylic acids is 1. The Hall–Kier alpha value is -3.68. The molecule has 2 aromatic carbocycles. The Balaban J connectivity index is 1.62. The molecular formula is C21H19FN4O3. The quantitative estimate of drug-likeness (QED) is 0.710. The number of nitrogens with one attached hydrogen (secondary N) is 1. The fourth-order valence-electron chi connectivity index (χ4n) is 3.33. The van der Waals surface area contributed by atoms with E-state index in [4.69, 9.17) is 0 Å². The summed E-state index contributed by atoms with van der Waals surface area (Å²) in [5.41, 5.74) is 1.01. The van der Waals surface area contributed by atoms with E-state index in [1.54, 1.807) is 19.1 Å². The molecule has 1 aliphatic heterocycles. The summed E-state index contributed by atoms with van der Waals surface area (Å²) in [6.45, 7) is 2.61.